The number of ether oxygens (including phenoxy) is 1. The van der Waals surface area contributed by atoms with E-state index >= 15 is 0 Å². The summed E-state index contributed by atoms with van der Waals surface area (Å²) in [5.74, 6) is 1.40. The summed E-state index contributed by atoms with van der Waals surface area (Å²) in [6.07, 6.45) is 2.84. The summed E-state index contributed by atoms with van der Waals surface area (Å²) in [6.45, 7) is 3.89. The van der Waals surface area contributed by atoms with E-state index < -0.39 is 0 Å². The predicted molar refractivity (Wildman–Crippen MR) is 93.2 cm³/mol. The molecule has 0 radical (unpaired) electrons. The first kappa shape index (κ1) is 15.8. The number of hydrogen-bond donors (Lipinski definition) is 2. The number of rotatable bonds is 4. The third-order valence-electron chi connectivity index (χ3n) is 4.35. The highest BCUT2D eigenvalue weighted by atomic mass is 16.5. The van der Waals surface area contributed by atoms with Gasteiger partial charge in [-0.15, -0.1) is 5.10 Å². The minimum atomic E-state index is -0.268. The van der Waals surface area contributed by atoms with Crippen LogP contribution in [-0.2, 0) is 6.42 Å². The van der Waals surface area contributed by atoms with Gasteiger partial charge in [0.15, 0.2) is 11.2 Å². The second-order valence-electron chi connectivity index (χ2n) is 6.10. The zero-order valence-corrected chi connectivity index (χ0v) is 14.0. The van der Waals surface area contributed by atoms with Gasteiger partial charge in [-0.05, 0) is 38.1 Å². The molecule has 4 rings (SSSR count). The quantitative estimate of drug-likeness (QED) is 0.740. The minimum Gasteiger partial charge on any atom is -0.490 e. The lowest BCUT2D eigenvalue weighted by Gasteiger charge is -2.24. The zero-order chi connectivity index (χ0) is 17.2. The van der Waals surface area contributed by atoms with Crippen LogP contribution in [0.15, 0.2) is 29.1 Å². The van der Waals surface area contributed by atoms with Crippen LogP contribution in [0.1, 0.15) is 25.6 Å². The molecular weight excluding hydrogens is 320 g/mol. The van der Waals surface area contributed by atoms with Crippen LogP contribution in [0, 0.1) is 0 Å². The lowest BCUT2D eigenvalue weighted by atomic mass is 10.1. The fourth-order valence-electron chi connectivity index (χ4n) is 3.01. The molecule has 1 aliphatic rings. The number of nitrogens with zero attached hydrogens (tertiary/aromatic N) is 4. The highest BCUT2D eigenvalue weighted by Gasteiger charge is 2.16. The summed E-state index contributed by atoms with van der Waals surface area (Å²) >= 11 is 0. The minimum absolute atomic E-state index is 0.219. The van der Waals surface area contributed by atoms with Gasteiger partial charge in [0.2, 0.25) is 0 Å². The topological polar surface area (TPSA) is 97.7 Å². The normalized spacial score (nSPS) is 15.6. The first-order valence-electron chi connectivity index (χ1n) is 8.57. The summed E-state index contributed by atoms with van der Waals surface area (Å²) in [4.78, 5) is 19.3. The zero-order valence-electron chi connectivity index (χ0n) is 14.0. The molecule has 130 valence electrons. The molecule has 1 fully saturated rings. The van der Waals surface area contributed by atoms with Crippen molar-refractivity contribution in [3.8, 4) is 11.4 Å². The van der Waals surface area contributed by atoms with Crippen molar-refractivity contribution >= 4 is 11.2 Å². The lowest BCUT2D eigenvalue weighted by molar-refractivity contribution is 0.162. The molecule has 3 aromatic rings. The van der Waals surface area contributed by atoms with Crippen molar-refractivity contribution in [1.82, 2.24) is 30.3 Å². The molecule has 8 heteroatoms. The van der Waals surface area contributed by atoms with E-state index in [0.29, 0.717) is 17.9 Å². The van der Waals surface area contributed by atoms with E-state index in [1.54, 1.807) is 4.68 Å². The molecule has 3 heterocycles. The highest BCUT2D eigenvalue weighted by Crippen LogP contribution is 2.21. The fourth-order valence-corrected chi connectivity index (χ4v) is 3.01. The average Bonchev–Trinajstić information content (AvgIpc) is 3.07. The first-order valence-corrected chi connectivity index (χ1v) is 8.57. The van der Waals surface area contributed by atoms with Crippen molar-refractivity contribution in [3.05, 3.63) is 40.4 Å². The summed E-state index contributed by atoms with van der Waals surface area (Å²) in [5, 5.41) is 11.4. The van der Waals surface area contributed by atoms with Crippen molar-refractivity contribution < 1.29 is 4.74 Å². The molecule has 25 heavy (non-hydrogen) atoms. The van der Waals surface area contributed by atoms with Crippen LogP contribution in [0.5, 0.6) is 5.75 Å². The van der Waals surface area contributed by atoms with Gasteiger partial charge in [-0.1, -0.05) is 18.2 Å². The molecule has 1 aromatic carbocycles. The molecule has 0 amide bonds. The van der Waals surface area contributed by atoms with Gasteiger partial charge in [0.25, 0.3) is 5.56 Å². The molecule has 0 bridgehead atoms. The molecule has 0 spiro atoms. The van der Waals surface area contributed by atoms with Crippen molar-refractivity contribution in [2.24, 2.45) is 0 Å². The molecule has 0 atom stereocenters. The summed E-state index contributed by atoms with van der Waals surface area (Å²) in [5.41, 5.74) is 1.20. The Morgan fingerprint density at radius 1 is 1.32 bits per heavy atom. The van der Waals surface area contributed by atoms with Gasteiger partial charge in [0.05, 0.1) is 5.69 Å². The number of piperidine rings is 1. The van der Waals surface area contributed by atoms with Gasteiger partial charge in [0, 0.05) is 12.5 Å². The third-order valence-corrected chi connectivity index (χ3v) is 4.35. The molecule has 1 saturated heterocycles. The Kier molecular flexibility index (Phi) is 4.19. The van der Waals surface area contributed by atoms with E-state index in [4.69, 9.17) is 4.74 Å². The predicted octanol–water partition coefficient (Wildman–Crippen LogP) is 1.20. The second-order valence-corrected chi connectivity index (χ2v) is 6.10. The summed E-state index contributed by atoms with van der Waals surface area (Å²) in [7, 11) is 0. The number of H-pyrrole nitrogens is 1. The van der Waals surface area contributed by atoms with Crippen molar-refractivity contribution in [2.45, 2.75) is 32.3 Å². The van der Waals surface area contributed by atoms with Crippen LogP contribution in [0.25, 0.3) is 16.9 Å². The largest absolute Gasteiger partial charge is 0.490 e. The first-order chi connectivity index (χ1) is 12.2. The van der Waals surface area contributed by atoms with Crippen LogP contribution >= 0.6 is 0 Å². The number of benzene rings is 1. The number of aryl methyl sites for hydroxylation is 1. The molecule has 0 unspecified atom stereocenters. The molecule has 0 aliphatic carbocycles. The maximum Gasteiger partial charge on any atom is 0.281 e. The fraction of sp³-hybridized carbons (Fsp3) is 0.412. The molecule has 1 aliphatic heterocycles. The van der Waals surface area contributed by atoms with Crippen LogP contribution in [0.3, 0.4) is 0 Å². The van der Waals surface area contributed by atoms with Crippen molar-refractivity contribution in [3.63, 3.8) is 0 Å². The van der Waals surface area contributed by atoms with E-state index in [1.165, 1.54) is 0 Å². The van der Waals surface area contributed by atoms with E-state index in [1.807, 2.05) is 31.2 Å². The lowest BCUT2D eigenvalue weighted by Crippen LogP contribution is -2.34. The Labute approximate surface area is 144 Å². The van der Waals surface area contributed by atoms with Gasteiger partial charge in [0.1, 0.15) is 17.7 Å². The number of nitrogens with one attached hydrogen (secondary N) is 2. The molecular formula is C17H20N6O2. The van der Waals surface area contributed by atoms with E-state index in [-0.39, 0.29) is 17.2 Å². The van der Waals surface area contributed by atoms with Crippen molar-refractivity contribution in [1.29, 1.82) is 0 Å². The smallest absolute Gasteiger partial charge is 0.281 e. The molecule has 2 N–H and O–H groups in total. The van der Waals surface area contributed by atoms with Crippen LogP contribution in [-0.4, -0.2) is 44.2 Å². The highest BCUT2D eigenvalue weighted by molar-refractivity contribution is 5.70. The van der Waals surface area contributed by atoms with E-state index in [9.17, 15) is 4.79 Å². The maximum atomic E-state index is 12.1. The van der Waals surface area contributed by atoms with Crippen molar-refractivity contribution in [2.75, 3.05) is 13.1 Å². The molecule has 8 nitrogen and oxygen atoms in total. The Morgan fingerprint density at radius 3 is 2.96 bits per heavy atom. The van der Waals surface area contributed by atoms with Gasteiger partial charge in [-0.25, -0.2) is 4.98 Å². The van der Waals surface area contributed by atoms with Gasteiger partial charge >= 0.3 is 0 Å². The number of aromatic nitrogens is 5. The third kappa shape index (κ3) is 3.12. The number of hydrogen-bond acceptors (Lipinski definition) is 6. The van der Waals surface area contributed by atoms with Gasteiger partial charge in [-0.3, -0.25) is 4.79 Å². The van der Waals surface area contributed by atoms with Crippen LogP contribution in [0.4, 0.5) is 0 Å². The Balaban J connectivity index is 1.70. The average molecular weight is 340 g/mol. The monoisotopic (exact) mass is 340 g/mol. The second kappa shape index (κ2) is 6.64. The van der Waals surface area contributed by atoms with Gasteiger partial charge < -0.3 is 15.0 Å². The summed E-state index contributed by atoms with van der Waals surface area (Å²) in [6, 6.07) is 7.65. The molecule has 0 saturated carbocycles. The number of fused-ring (bicyclic) bond motifs is 1. The molecule has 2 aromatic heterocycles. The Bertz CT molecular complexity index is 942. The standard InChI is InChI=1S/C17H20N6O2/c1-2-14-19-16-15(17(24)20-14)21-22-23(16)11-4-3-5-13(10-11)25-12-6-8-18-9-7-12/h3-5,10,12,18H,2,6-9H2,1H3,(H,19,20,24). The Hall–Kier alpha value is -2.74. The van der Waals surface area contributed by atoms with Gasteiger partial charge in [-0.2, -0.15) is 4.68 Å². The van der Waals surface area contributed by atoms with E-state index in [0.717, 1.165) is 37.4 Å². The van der Waals surface area contributed by atoms with Crippen LogP contribution in [0.2, 0.25) is 0 Å². The SMILES string of the molecule is CCc1nc2c(nnn2-c2cccc(OC3CCNCC3)c2)c(=O)[nH]1. The summed E-state index contributed by atoms with van der Waals surface area (Å²) < 4.78 is 7.67. The van der Waals surface area contributed by atoms with Crippen LogP contribution < -0.4 is 15.6 Å². The number of aromatic amines is 1. The maximum absolute atomic E-state index is 12.1. The van der Waals surface area contributed by atoms with E-state index in [2.05, 4.69) is 25.6 Å². The Morgan fingerprint density at radius 2 is 2.16 bits per heavy atom.